The number of hydrogen-bond acceptors (Lipinski definition) is 3. The summed E-state index contributed by atoms with van der Waals surface area (Å²) in [5.74, 6) is -0.0949. The first-order chi connectivity index (χ1) is 7.73. The minimum atomic E-state index is -0.933. The first-order valence-electron chi connectivity index (χ1n) is 5.75. The van der Waals surface area contributed by atoms with Crippen LogP contribution in [0.25, 0.3) is 0 Å². The molecule has 0 aliphatic carbocycles. The predicted octanol–water partition coefficient (Wildman–Crippen LogP) is 0.182. The number of rotatable bonds is 1. The van der Waals surface area contributed by atoms with Gasteiger partial charge in [-0.3, -0.25) is 4.79 Å². The molecule has 3 N–H and O–H groups in total. The van der Waals surface area contributed by atoms with Crippen molar-refractivity contribution in [3.63, 3.8) is 0 Å². The summed E-state index contributed by atoms with van der Waals surface area (Å²) in [6.45, 7) is 7.33. The minimum Gasteiger partial charge on any atom is -0.465 e. The third-order valence-electron chi connectivity index (χ3n) is 3.06. The standard InChI is InChI=1S/C11H21N3O3/c1-11(2,3)8(12)9(15)13-4-6-14(7-5-13)10(16)17/h8H,4-7,12H2,1-3H3,(H,16,17). The molecule has 0 saturated carbocycles. The summed E-state index contributed by atoms with van der Waals surface area (Å²) in [6, 6.07) is -0.543. The van der Waals surface area contributed by atoms with Gasteiger partial charge in [-0.1, -0.05) is 20.8 Å². The number of carbonyl (C=O) groups excluding carboxylic acids is 1. The second-order valence-corrected chi connectivity index (χ2v) is 5.44. The Morgan fingerprint density at radius 3 is 1.88 bits per heavy atom. The van der Waals surface area contributed by atoms with Crippen LogP contribution in [0, 0.1) is 5.41 Å². The van der Waals surface area contributed by atoms with Gasteiger partial charge in [0.1, 0.15) is 0 Å². The maximum Gasteiger partial charge on any atom is 0.407 e. The first-order valence-corrected chi connectivity index (χ1v) is 5.75. The lowest BCUT2D eigenvalue weighted by Crippen LogP contribution is -2.56. The molecule has 0 aromatic carbocycles. The van der Waals surface area contributed by atoms with Gasteiger partial charge in [-0.25, -0.2) is 4.79 Å². The average molecular weight is 243 g/mol. The fraction of sp³-hybridized carbons (Fsp3) is 0.818. The first kappa shape index (κ1) is 13.8. The van der Waals surface area contributed by atoms with Crippen LogP contribution in [0.3, 0.4) is 0 Å². The van der Waals surface area contributed by atoms with Crippen molar-refractivity contribution >= 4 is 12.0 Å². The molecule has 2 amide bonds. The molecule has 98 valence electrons. The quantitative estimate of drug-likeness (QED) is 0.688. The van der Waals surface area contributed by atoms with Crippen LogP contribution < -0.4 is 5.73 Å². The molecule has 0 aromatic heterocycles. The van der Waals surface area contributed by atoms with E-state index >= 15 is 0 Å². The molecule has 0 spiro atoms. The molecule has 1 rings (SSSR count). The topological polar surface area (TPSA) is 86.9 Å². The van der Waals surface area contributed by atoms with Gasteiger partial charge in [0.15, 0.2) is 0 Å². The van der Waals surface area contributed by atoms with E-state index in [1.165, 1.54) is 4.90 Å². The van der Waals surface area contributed by atoms with Gasteiger partial charge in [-0.15, -0.1) is 0 Å². The molecule has 0 bridgehead atoms. The number of hydrogen-bond donors (Lipinski definition) is 2. The number of carboxylic acid groups (broad SMARTS) is 1. The molecule has 1 fully saturated rings. The van der Waals surface area contributed by atoms with Gasteiger partial charge in [0, 0.05) is 26.2 Å². The zero-order valence-electron chi connectivity index (χ0n) is 10.6. The van der Waals surface area contributed by atoms with E-state index in [9.17, 15) is 9.59 Å². The van der Waals surface area contributed by atoms with Crippen LogP contribution in [0.2, 0.25) is 0 Å². The summed E-state index contributed by atoms with van der Waals surface area (Å²) in [5.41, 5.74) is 5.62. The summed E-state index contributed by atoms with van der Waals surface area (Å²) in [4.78, 5) is 25.7. The van der Waals surface area contributed by atoms with Gasteiger partial charge in [-0.05, 0) is 5.41 Å². The molecule has 1 aliphatic heterocycles. The number of carbonyl (C=O) groups is 2. The van der Waals surface area contributed by atoms with Crippen LogP contribution in [0.1, 0.15) is 20.8 Å². The molecule has 1 aliphatic rings. The molecule has 1 atom stereocenters. The van der Waals surface area contributed by atoms with Gasteiger partial charge >= 0.3 is 6.09 Å². The Kier molecular flexibility index (Phi) is 3.98. The lowest BCUT2D eigenvalue weighted by molar-refractivity contribution is -0.136. The normalized spacial score (nSPS) is 19.1. The molecule has 6 heteroatoms. The Labute approximate surface area is 101 Å². The summed E-state index contributed by atoms with van der Waals surface area (Å²) >= 11 is 0. The van der Waals surface area contributed by atoms with E-state index in [1.807, 2.05) is 20.8 Å². The van der Waals surface area contributed by atoms with E-state index in [4.69, 9.17) is 10.8 Å². The second kappa shape index (κ2) is 4.91. The van der Waals surface area contributed by atoms with E-state index in [1.54, 1.807) is 4.90 Å². The van der Waals surface area contributed by atoms with Crippen molar-refractivity contribution in [3.05, 3.63) is 0 Å². The maximum absolute atomic E-state index is 12.1. The number of amides is 2. The third-order valence-corrected chi connectivity index (χ3v) is 3.06. The van der Waals surface area contributed by atoms with Crippen molar-refractivity contribution < 1.29 is 14.7 Å². The Hall–Kier alpha value is -1.30. The Bertz CT molecular complexity index is 304. The summed E-state index contributed by atoms with van der Waals surface area (Å²) < 4.78 is 0. The number of nitrogens with two attached hydrogens (primary N) is 1. The maximum atomic E-state index is 12.1. The highest BCUT2D eigenvalue weighted by Crippen LogP contribution is 2.19. The zero-order valence-corrected chi connectivity index (χ0v) is 10.6. The lowest BCUT2D eigenvalue weighted by Gasteiger charge is -2.37. The summed E-state index contributed by atoms with van der Waals surface area (Å²) in [6.07, 6.45) is -0.933. The SMILES string of the molecule is CC(C)(C)C(N)C(=O)N1CCN(C(=O)O)CC1. The lowest BCUT2D eigenvalue weighted by atomic mass is 9.86. The van der Waals surface area contributed by atoms with Gasteiger partial charge in [0.25, 0.3) is 0 Å². The van der Waals surface area contributed by atoms with Crippen molar-refractivity contribution in [1.29, 1.82) is 0 Å². The predicted molar refractivity (Wildman–Crippen MR) is 63.6 cm³/mol. The molecule has 1 heterocycles. The minimum absolute atomic E-state index is 0.0949. The zero-order chi connectivity index (χ0) is 13.2. The molecular formula is C11H21N3O3. The molecule has 1 unspecified atom stereocenters. The van der Waals surface area contributed by atoms with E-state index in [0.29, 0.717) is 26.2 Å². The van der Waals surface area contributed by atoms with Crippen LogP contribution >= 0.6 is 0 Å². The average Bonchev–Trinajstić information content (AvgIpc) is 2.26. The van der Waals surface area contributed by atoms with E-state index in [0.717, 1.165) is 0 Å². The molecule has 1 saturated heterocycles. The number of nitrogens with zero attached hydrogens (tertiary/aromatic N) is 2. The van der Waals surface area contributed by atoms with Crippen LogP contribution in [0.5, 0.6) is 0 Å². The molecular weight excluding hydrogens is 222 g/mol. The summed E-state index contributed by atoms with van der Waals surface area (Å²) in [5, 5.41) is 8.80. The van der Waals surface area contributed by atoms with E-state index in [-0.39, 0.29) is 11.3 Å². The highest BCUT2D eigenvalue weighted by atomic mass is 16.4. The highest BCUT2D eigenvalue weighted by Gasteiger charge is 2.33. The van der Waals surface area contributed by atoms with Crippen LogP contribution in [0.4, 0.5) is 4.79 Å². The van der Waals surface area contributed by atoms with Crippen molar-refractivity contribution in [2.75, 3.05) is 26.2 Å². The van der Waals surface area contributed by atoms with Gasteiger partial charge in [-0.2, -0.15) is 0 Å². The smallest absolute Gasteiger partial charge is 0.407 e. The van der Waals surface area contributed by atoms with E-state index in [2.05, 4.69) is 0 Å². The largest absolute Gasteiger partial charge is 0.465 e. The van der Waals surface area contributed by atoms with Crippen LogP contribution in [-0.2, 0) is 4.79 Å². The molecule has 0 aromatic rings. The van der Waals surface area contributed by atoms with Gasteiger partial charge in [0.05, 0.1) is 6.04 Å². The van der Waals surface area contributed by atoms with Gasteiger partial charge in [0.2, 0.25) is 5.91 Å². The van der Waals surface area contributed by atoms with Crippen LogP contribution in [-0.4, -0.2) is 59.1 Å². The Balaban J connectivity index is 2.55. The van der Waals surface area contributed by atoms with E-state index < -0.39 is 12.1 Å². The summed E-state index contributed by atoms with van der Waals surface area (Å²) in [7, 11) is 0. The van der Waals surface area contributed by atoms with Crippen molar-refractivity contribution in [3.8, 4) is 0 Å². The number of piperazine rings is 1. The van der Waals surface area contributed by atoms with Crippen LogP contribution in [0.15, 0.2) is 0 Å². The molecule has 0 radical (unpaired) electrons. The van der Waals surface area contributed by atoms with Crippen molar-refractivity contribution in [2.45, 2.75) is 26.8 Å². The fourth-order valence-corrected chi connectivity index (χ4v) is 1.69. The van der Waals surface area contributed by atoms with Crippen molar-refractivity contribution in [1.82, 2.24) is 9.80 Å². The second-order valence-electron chi connectivity index (χ2n) is 5.44. The van der Waals surface area contributed by atoms with Crippen molar-refractivity contribution in [2.24, 2.45) is 11.1 Å². The molecule has 6 nitrogen and oxygen atoms in total. The monoisotopic (exact) mass is 243 g/mol. The van der Waals surface area contributed by atoms with Gasteiger partial charge < -0.3 is 20.6 Å². The Morgan fingerprint density at radius 2 is 1.53 bits per heavy atom. The molecule has 17 heavy (non-hydrogen) atoms. The highest BCUT2D eigenvalue weighted by molar-refractivity contribution is 5.82. The third kappa shape index (κ3) is 3.33. The fourth-order valence-electron chi connectivity index (χ4n) is 1.69. The Morgan fingerprint density at radius 1 is 1.12 bits per heavy atom.